The van der Waals surface area contributed by atoms with Crippen LogP contribution in [0.15, 0.2) is 24.3 Å². The van der Waals surface area contributed by atoms with E-state index < -0.39 is 10.0 Å². The summed E-state index contributed by atoms with van der Waals surface area (Å²) in [7, 11) is -3.21. The van der Waals surface area contributed by atoms with E-state index in [9.17, 15) is 12.8 Å². The highest BCUT2D eigenvalue weighted by Crippen LogP contribution is 2.11. The first-order chi connectivity index (χ1) is 9.53. The van der Waals surface area contributed by atoms with Crippen molar-refractivity contribution < 1.29 is 17.5 Å². The van der Waals surface area contributed by atoms with E-state index >= 15 is 0 Å². The third kappa shape index (κ3) is 7.45. The normalized spacial score (nSPS) is 11.5. The molecule has 0 unspecified atom stereocenters. The number of halogens is 1. The van der Waals surface area contributed by atoms with Gasteiger partial charge in [-0.2, -0.15) is 0 Å². The predicted molar refractivity (Wildman–Crippen MR) is 77.8 cm³/mol. The summed E-state index contributed by atoms with van der Waals surface area (Å²) in [6.07, 6.45) is 3.35. The van der Waals surface area contributed by atoms with Gasteiger partial charge in [-0.15, -0.1) is 0 Å². The molecule has 4 nitrogen and oxygen atoms in total. The Labute approximate surface area is 120 Å². The molecule has 0 saturated carbocycles. The molecule has 0 saturated heterocycles. The molecule has 20 heavy (non-hydrogen) atoms. The van der Waals surface area contributed by atoms with Crippen LogP contribution < -0.4 is 9.46 Å². The average Bonchev–Trinajstić information content (AvgIpc) is 2.42. The zero-order valence-electron chi connectivity index (χ0n) is 11.8. The van der Waals surface area contributed by atoms with E-state index in [1.54, 1.807) is 0 Å². The Kier molecular flexibility index (Phi) is 7.54. The number of sulfonamides is 1. The smallest absolute Gasteiger partial charge is 0.211 e. The lowest BCUT2D eigenvalue weighted by atomic mass is 10.3. The minimum atomic E-state index is -3.21. The van der Waals surface area contributed by atoms with Gasteiger partial charge >= 0.3 is 0 Å². The van der Waals surface area contributed by atoms with Crippen LogP contribution in [0, 0.1) is 5.82 Å². The predicted octanol–water partition coefficient (Wildman–Crippen LogP) is 2.70. The molecule has 0 aliphatic carbocycles. The summed E-state index contributed by atoms with van der Waals surface area (Å²) >= 11 is 0. The van der Waals surface area contributed by atoms with Crippen molar-refractivity contribution >= 4 is 10.0 Å². The fourth-order valence-electron chi connectivity index (χ4n) is 1.64. The van der Waals surface area contributed by atoms with Crippen LogP contribution in [0.5, 0.6) is 5.75 Å². The second-order valence-electron chi connectivity index (χ2n) is 4.58. The van der Waals surface area contributed by atoms with Crippen LogP contribution in [0.4, 0.5) is 4.39 Å². The lowest BCUT2D eigenvalue weighted by molar-refractivity contribution is 0.317. The minimum Gasteiger partial charge on any atom is -0.494 e. The van der Waals surface area contributed by atoms with E-state index in [-0.39, 0.29) is 11.6 Å². The number of benzene rings is 1. The first-order valence-corrected chi connectivity index (χ1v) is 8.54. The Morgan fingerprint density at radius 1 is 1.15 bits per heavy atom. The van der Waals surface area contributed by atoms with Crippen molar-refractivity contribution in [3.63, 3.8) is 0 Å². The minimum absolute atomic E-state index is 0.0420. The quantitative estimate of drug-likeness (QED) is 0.676. The van der Waals surface area contributed by atoms with E-state index in [1.807, 2.05) is 0 Å². The molecule has 0 aromatic heterocycles. The van der Waals surface area contributed by atoms with Crippen molar-refractivity contribution in [2.24, 2.45) is 0 Å². The van der Waals surface area contributed by atoms with Gasteiger partial charge in [0.1, 0.15) is 11.6 Å². The van der Waals surface area contributed by atoms with Crippen molar-refractivity contribution in [2.75, 3.05) is 18.9 Å². The van der Waals surface area contributed by atoms with E-state index in [2.05, 4.69) is 11.6 Å². The van der Waals surface area contributed by atoms with Crippen LogP contribution in [0.2, 0.25) is 0 Å². The SMILES string of the molecule is CCCCCNS(=O)(=O)CCCOc1ccc(F)cc1. The first-order valence-electron chi connectivity index (χ1n) is 6.89. The molecule has 1 rings (SSSR count). The van der Waals surface area contributed by atoms with Crippen molar-refractivity contribution in [1.29, 1.82) is 0 Å². The van der Waals surface area contributed by atoms with Gasteiger partial charge in [0, 0.05) is 6.54 Å². The number of hydrogen-bond acceptors (Lipinski definition) is 3. The Morgan fingerprint density at radius 2 is 1.85 bits per heavy atom. The maximum atomic E-state index is 12.7. The molecule has 1 aromatic carbocycles. The highest BCUT2D eigenvalue weighted by atomic mass is 32.2. The molecule has 0 fully saturated rings. The topological polar surface area (TPSA) is 55.4 Å². The van der Waals surface area contributed by atoms with E-state index in [0.717, 1.165) is 19.3 Å². The fraction of sp³-hybridized carbons (Fsp3) is 0.571. The van der Waals surface area contributed by atoms with Gasteiger partial charge in [0.25, 0.3) is 0 Å². The molecular formula is C14H22FNO3S. The largest absolute Gasteiger partial charge is 0.494 e. The molecule has 0 amide bonds. The standard InChI is InChI=1S/C14H22FNO3S/c1-2-3-4-10-16-20(17,18)12-5-11-19-14-8-6-13(15)7-9-14/h6-9,16H,2-5,10-12H2,1H3. The lowest BCUT2D eigenvalue weighted by Gasteiger charge is -2.08. The molecule has 1 aromatic rings. The maximum absolute atomic E-state index is 12.7. The summed E-state index contributed by atoms with van der Waals surface area (Å²) in [5.74, 6) is 0.260. The van der Waals surface area contributed by atoms with Crippen LogP contribution in [-0.2, 0) is 10.0 Å². The zero-order valence-corrected chi connectivity index (χ0v) is 12.6. The van der Waals surface area contributed by atoms with Gasteiger partial charge in [0.05, 0.1) is 12.4 Å². The fourth-order valence-corrected chi connectivity index (χ4v) is 2.74. The van der Waals surface area contributed by atoms with Gasteiger partial charge in [-0.3, -0.25) is 0 Å². The second-order valence-corrected chi connectivity index (χ2v) is 6.50. The molecule has 0 radical (unpaired) electrons. The number of rotatable bonds is 10. The summed E-state index contributed by atoms with van der Waals surface area (Å²) in [5.41, 5.74) is 0. The Bertz CT molecular complexity index is 474. The summed E-state index contributed by atoms with van der Waals surface area (Å²) in [6, 6.07) is 5.66. The first kappa shape index (κ1) is 16.9. The Morgan fingerprint density at radius 3 is 2.50 bits per heavy atom. The van der Waals surface area contributed by atoms with Gasteiger partial charge < -0.3 is 4.74 Å². The number of unbranched alkanes of at least 4 members (excludes halogenated alkanes) is 2. The molecule has 0 spiro atoms. The lowest BCUT2D eigenvalue weighted by Crippen LogP contribution is -2.28. The molecular weight excluding hydrogens is 281 g/mol. The van der Waals surface area contributed by atoms with E-state index in [4.69, 9.17) is 4.74 Å². The summed E-state index contributed by atoms with van der Waals surface area (Å²) in [5, 5.41) is 0. The van der Waals surface area contributed by atoms with Gasteiger partial charge in [-0.1, -0.05) is 19.8 Å². The van der Waals surface area contributed by atoms with Gasteiger partial charge in [0.2, 0.25) is 10.0 Å². The summed E-state index contributed by atoms with van der Waals surface area (Å²) < 4.78 is 43.8. The van der Waals surface area contributed by atoms with Gasteiger partial charge in [-0.25, -0.2) is 17.5 Å². The van der Waals surface area contributed by atoms with Crippen LogP contribution >= 0.6 is 0 Å². The molecule has 6 heteroatoms. The van der Waals surface area contributed by atoms with Crippen molar-refractivity contribution in [3.8, 4) is 5.75 Å². The Balaban J connectivity index is 2.17. The maximum Gasteiger partial charge on any atom is 0.211 e. The number of ether oxygens (including phenoxy) is 1. The average molecular weight is 303 g/mol. The molecule has 0 aliphatic rings. The molecule has 0 aliphatic heterocycles. The van der Waals surface area contributed by atoms with Crippen LogP contribution in [0.3, 0.4) is 0 Å². The van der Waals surface area contributed by atoms with E-state index in [0.29, 0.717) is 25.3 Å². The van der Waals surface area contributed by atoms with Crippen molar-refractivity contribution in [1.82, 2.24) is 4.72 Å². The zero-order chi connectivity index (χ0) is 14.8. The van der Waals surface area contributed by atoms with Crippen LogP contribution in [0.1, 0.15) is 32.6 Å². The highest BCUT2D eigenvalue weighted by molar-refractivity contribution is 7.89. The summed E-state index contributed by atoms with van der Waals surface area (Å²) in [4.78, 5) is 0. The molecule has 114 valence electrons. The monoisotopic (exact) mass is 303 g/mol. The number of hydrogen-bond donors (Lipinski definition) is 1. The Hall–Kier alpha value is -1.14. The summed E-state index contributed by atoms with van der Waals surface area (Å²) in [6.45, 7) is 2.86. The number of nitrogens with one attached hydrogen (secondary N) is 1. The molecule has 0 heterocycles. The van der Waals surface area contributed by atoms with Crippen LogP contribution in [-0.4, -0.2) is 27.3 Å². The van der Waals surface area contributed by atoms with Crippen molar-refractivity contribution in [2.45, 2.75) is 32.6 Å². The van der Waals surface area contributed by atoms with Crippen molar-refractivity contribution in [3.05, 3.63) is 30.1 Å². The van der Waals surface area contributed by atoms with Gasteiger partial charge in [-0.05, 0) is 37.1 Å². The molecule has 0 bridgehead atoms. The van der Waals surface area contributed by atoms with Crippen LogP contribution in [0.25, 0.3) is 0 Å². The molecule has 0 atom stereocenters. The molecule has 1 N–H and O–H groups in total. The van der Waals surface area contributed by atoms with Gasteiger partial charge in [0.15, 0.2) is 0 Å². The third-order valence-electron chi connectivity index (χ3n) is 2.74. The van der Waals surface area contributed by atoms with E-state index in [1.165, 1.54) is 24.3 Å². The third-order valence-corrected chi connectivity index (χ3v) is 4.21. The second kappa shape index (κ2) is 8.92. The highest BCUT2D eigenvalue weighted by Gasteiger charge is 2.08.